The summed E-state index contributed by atoms with van der Waals surface area (Å²) in [5.74, 6) is -0.909. The van der Waals surface area contributed by atoms with Crippen LogP contribution >= 0.6 is 11.6 Å². The molecular formula is C18H18ClFN2O2. The molecule has 2 aromatic carbocycles. The zero-order valence-electron chi connectivity index (χ0n) is 13.3. The lowest BCUT2D eigenvalue weighted by Gasteiger charge is -2.21. The number of carbonyl (C=O) groups excluding carboxylic acids is 2. The Kier molecular flexibility index (Phi) is 6.32. The summed E-state index contributed by atoms with van der Waals surface area (Å²) in [5.41, 5.74) is 1.42. The molecule has 0 fully saturated rings. The van der Waals surface area contributed by atoms with Crippen LogP contribution in [0.1, 0.15) is 18.9 Å². The van der Waals surface area contributed by atoms with Crippen LogP contribution in [0.2, 0.25) is 5.02 Å². The average molecular weight is 349 g/mol. The highest BCUT2D eigenvalue weighted by Crippen LogP contribution is 2.19. The molecule has 0 heterocycles. The summed E-state index contributed by atoms with van der Waals surface area (Å²) in [6.07, 6.45) is 0.140. The molecule has 0 spiro atoms. The number of anilines is 1. The van der Waals surface area contributed by atoms with Gasteiger partial charge in [-0.3, -0.25) is 9.59 Å². The van der Waals surface area contributed by atoms with Crippen molar-refractivity contribution >= 4 is 29.1 Å². The Morgan fingerprint density at radius 2 is 1.88 bits per heavy atom. The van der Waals surface area contributed by atoms with Crippen LogP contribution in [-0.4, -0.2) is 23.3 Å². The number of nitrogens with zero attached hydrogens (tertiary/aromatic N) is 1. The van der Waals surface area contributed by atoms with Crippen molar-refractivity contribution in [1.29, 1.82) is 0 Å². The predicted octanol–water partition coefficient (Wildman–Crippen LogP) is 3.86. The van der Waals surface area contributed by atoms with E-state index >= 15 is 0 Å². The van der Waals surface area contributed by atoms with Gasteiger partial charge in [0.1, 0.15) is 5.82 Å². The summed E-state index contributed by atoms with van der Waals surface area (Å²) < 4.78 is 13.1. The van der Waals surface area contributed by atoms with E-state index in [9.17, 15) is 14.0 Å². The second-order valence-corrected chi connectivity index (χ2v) is 5.76. The van der Waals surface area contributed by atoms with Gasteiger partial charge < -0.3 is 10.2 Å². The smallest absolute Gasteiger partial charge is 0.226 e. The van der Waals surface area contributed by atoms with Crippen molar-refractivity contribution in [2.24, 2.45) is 0 Å². The standard InChI is InChI=1S/C18H18ClFN2O2/c1-13(23)22(12-14-5-3-2-4-6-14)10-9-18(24)21-15-7-8-17(20)16(19)11-15/h2-8,11H,9-10,12H2,1H3,(H,21,24). The van der Waals surface area contributed by atoms with Crippen LogP contribution in [0.4, 0.5) is 10.1 Å². The van der Waals surface area contributed by atoms with Crippen molar-refractivity contribution in [3.8, 4) is 0 Å². The van der Waals surface area contributed by atoms with Gasteiger partial charge >= 0.3 is 0 Å². The minimum atomic E-state index is -0.541. The van der Waals surface area contributed by atoms with Crippen LogP contribution in [0.3, 0.4) is 0 Å². The summed E-state index contributed by atoms with van der Waals surface area (Å²) >= 11 is 5.68. The highest BCUT2D eigenvalue weighted by molar-refractivity contribution is 6.31. The third-order valence-electron chi connectivity index (χ3n) is 3.47. The van der Waals surface area contributed by atoms with E-state index in [0.717, 1.165) is 5.56 Å². The Morgan fingerprint density at radius 1 is 1.17 bits per heavy atom. The minimum Gasteiger partial charge on any atom is -0.338 e. The van der Waals surface area contributed by atoms with Crippen LogP contribution in [0.25, 0.3) is 0 Å². The topological polar surface area (TPSA) is 49.4 Å². The first-order valence-corrected chi connectivity index (χ1v) is 7.88. The minimum absolute atomic E-state index is 0.0535. The van der Waals surface area contributed by atoms with Crippen molar-refractivity contribution in [2.75, 3.05) is 11.9 Å². The van der Waals surface area contributed by atoms with E-state index in [-0.39, 0.29) is 23.3 Å². The second kappa shape index (κ2) is 8.45. The third kappa shape index (κ3) is 5.35. The lowest BCUT2D eigenvalue weighted by molar-refractivity contribution is -0.129. The summed E-state index contributed by atoms with van der Waals surface area (Å²) in [6.45, 7) is 2.22. The Morgan fingerprint density at radius 3 is 2.50 bits per heavy atom. The number of hydrogen-bond donors (Lipinski definition) is 1. The molecule has 4 nitrogen and oxygen atoms in total. The molecule has 0 aromatic heterocycles. The summed E-state index contributed by atoms with van der Waals surface area (Å²) in [7, 11) is 0. The lowest BCUT2D eigenvalue weighted by Crippen LogP contribution is -2.31. The largest absolute Gasteiger partial charge is 0.338 e. The van der Waals surface area contributed by atoms with Crippen molar-refractivity contribution in [3.05, 3.63) is 64.9 Å². The van der Waals surface area contributed by atoms with Crippen molar-refractivity contribution < 1.29 is 14.0 Å². The van der Waals surface area contributed by atoms with Gasteiger partial charge in [0, 0.05) is 32.1 Å². The average Bonchev–Trinajstić information content (AvgIpc) is 2.55. The molecule has 0 radical (unpaired) electrons. The third-order valence-corrected chi connectivity index (χ3v) is 3.76. The van der Waals surface area contributed by atoms with E-state index in [1.807, 2.05) is 30.3 Å². The van der Waals surface area contributed by atoms with Gasteiger partial charge in [0.2, 0.25) is 11.8 Å². The van der Waals surface area contributed by atoms with Crippen LogP contribution in [0.15, 0.2) is 48.5 Å². The zero-order valence-corrected chi connectivity index (χ0v) is 14.0. The zero-order chi connectivity index (χ0) is 17.5. The van der Waals surface area contributed by atoms with Crippen molar-refractivity contribution in [1.82, 2.24) is 4.90 Å². The number of carbonyl (C=O) groups is 2. The molecule has 0 bridgehead atoms. The molecule has 2 amide bonds. The first kappa shape index (κ1) is 17.9. The number of hydrogen-bond acceptors (Lipinski definition) is 2. The number of amides is 2. The molecule has 0 aliphatic carbocycles. The molecule has 0 unspecified atom stereocenters. The number of nitrogens with one attached hydrogen (secondary N) is 1. The molecule has 2 aromatic rings. The first-order chi connectivity index (χ1) is 11.5. The molecule has 6 heteroatoms. The molecule has 1 N–H and O–H groups in total. The Hall–Kier alpha value is -2.40. The SMILES string of the molecule is CC(=O)N(CCC(=O)Nc1ccc(F)c(Cl)c1)Cc1ccccc1. The number of rotatable bonds is 6. The monoisotopic (exact) mass is 348 g/mol. The maximum atomic E-state index is 13.1. The van der Waals surface area contributed by atoms with Crippen LogP contribution < -0.4 is 5.32 Å². The molecule has 0 saturated carbocycles. The predicted molar refractivity (Wildman–Crippen MR) is 92.2 cm³/mol. The molecule has 0 aliphatic heterocycles. The fraction of sp³-hybridized carbons (Fsp3) is 0.222. The van der Waals surface area contributed by atoms with Gasteiger partial charge in [0.15, 0.2) is 0 Å². The fourth-order valence-electron chi connectivity index (χ4n) is 2.19. The molecule has 0 atom stereocenters. The van der Waals surface area contributed by atoms with Crippen molar-refractivity contribution in [3.63, 3.8) is 0 Å². The lowest BCUT2D eigenvalue weighted by atomic mass is 10.2. The molecule has 126 valence electrons. The van der Waals surface area contributed by atoms with Gasteiger partial charge in [0.25, 0.3) is 0 Å². The number of benzene rings is 2. The maximum Gasteiger partial charge on any atom is 0.226 e. The van der Waals surface area contributed by atoms with Gasteiger partial charge in [-0.15, -0.1) is 0 Å². The van der Waals surface area contributed by atoms with E-state index in [1.165, 1.54) is 25.1 Å². The van der Waals surface area contributed by atoms with Crippen LogP contribution in [0, 0.1) is 5.82 Å². The van der Waals surface area contributed by atoms with Gasteiger partial charge in [-0.05, 0) is 23.8 Å². The molecular weight excluding hydrogens is 331 g/mol. The highest BCUT2D eigenvalue weighted by atomic mass is 35.5. The highest BCUT2D eigenvalue weighted by Gasteiger charge is 2.12. The molecule has 0 saturated heterocycles. The summed E-state index contributed by atoms with van der Waals surface area (Å²) in [6, 6.07) is 13.5. The van der Waals surface area contributed by atoms with Crippen LogP contribution in [-0.2, 0) is 16.1 Å². The van der Waals surface area contributed by atoms with E-state index in [1.54, 1.807) is 4.90 Å². The molecule has 24 heavy (non-hydrogen) atoms. The fourth-order valence-corrected chi connectivity index (χ4v) is 2.37. The molecule has 0 aliphatic rings. The van der Waals surface area contributed by atoms with E-state index < -0.39 is 5.82 Å². The van der Waals surface area contributed by atoms with Crippen LogP contribution in [0.5, 0.6) is 0 Å². The Labute approximate surface area is 145 Å². The van der Waals surface area contributed by atoms with Gasteiger partial charge in [-0.2, -0.15) is 0 Å². The summed E-state index contributed by atoms with van der Waals surface area (Å²) in [4.78, 5) is 25.3. The summed E-state index contributed by atoms with van der Waals surface area (Å²) in [5, 5.41) is 2.59. The van der Waals surface area contributed by atoms with Gasteiger partial charge in [-0.1, -0.05) is 41.9 Å². The number of halogens is 2. The van der Waals surface area contributed by atoms with Gasteiger partial charge in [0.05, 0.1) is 5.02 Å². The van der Waals surface area contributed by atoms with E-state index in [0.29, 0.717) is 18.8 Å². The van der Waals surface area contributed by atoms with E-state index in [2.05, 4.69) is 5.32 Å². The Balaban J connectivity index is 1.90. The van der Waals surface area contributed by atoms with Gasteiger partial charge in [-0.25, -0.2) is 4.39 Å². The quantitative estimate of drug-likeness (QED) is 0.861. The molecule has 2 rings (SSSR count). The normalized spacial score (nSPS) is 10.3. The van der Waals surface area contributed by atoms with E-state index in [4.69, 9.17) is 11.6 Å². The van der Waals surface area contributed by atoms with Crippen molar-refractivity contribution in [2.45, 2.75) is 19.9 Å². The Bertz CT molecular complexity index is 722. The first-order valence-electron chi connectivity index (χ1n) is 7.50. The second-order valence-electron chi connectivity index (χ2n) is 5.35. The maximum absolute atomic E-state index is 13.1.